The SMILES string of the molecule is CC(C)(C)OC(=O)N1CCC(C(O)OCCN2CCCC2)CC1. The van der Waals surface area contributed by atoms with E-state index in [0.29, 0.717) is 19.7 Å². The number of amides is 1. The van der Waals surface area contributed by atoms with Gasteiger partial charge in [-0.25, -0.2) is 4.79 Å². The molecule has 0 aliphatic carbocycles. The van der Waals surface area contributed by atoms with Crippen LogP contribution in [0.1, 0.15) is 46.5 Å². The smallest absolute Gasteiger partial charge is 0.410 e. The van der Waals surface area contributed by atoms with Gasteiger partial charge in [0.25, 0.3) is 0 Å². The molecule has 1 unspecified atom stereocenters. The molecule has 2 rings (SSSR count). The van der Waals surface area contributed by atoms with Crippen molar-refractivity contribution in [2.45, 2.75) is 58.3 Å². The van der Waals surface area contributed by atoms with Crippen molar-refractivity contribution in [2.24, 2.45) is 5.92 Å². The fourth-order valence-electron chi connectivity index (χ4n) is 3.14. The number of piperidine rings is 1. The van der Waals surface area contributed by atoms with Crippen molar-refractivity contribution in [1.82, 2.24) is 9.80 Å². The highest BCUT2D eigenvalue weighted by Gasteiger charge is 2.30. The van der Waals surface area contributed by atoms with E-state index in [1.807, 2.05) is 20.8 Å². The molecule has 6 nitrogen and oxygen atoms in total. The number of carbonyl (C=O) groups is 1. The zero-order chi connectivity index (χ0) is 16.9. The van der Waals surface area contributed by atoms with Gasteiger partial charge >= 0.3 is 6.09 Å². The summed E-state index contributed by atoms with van der Waals surface area (Å²) in [6.07, 6.45) is 3.06. The average Bonchev–Trinajstić information content (AvgIpc) is 2.99. The van der Waals surface area contributed by atoms with Gasteiger partial charge in [0.05, 0.1) is 6.61 Å². The van der Waals surface area contributed by atoms with Crippen LogP contribution in [0.25, 0.3) is 0 Å². The minimum atomic E-state index is -0.724. The van der Waals surface area contributed by atoms with E-state index in [1.54, 1.807) is 4.90 Å². The lowest BCUT2D eigenvalue weighted by Crippen LogP contribution is -2.44. The van der Waals surface area contributed by atoms with E-state index in [9.17, 15) is 9.90 Å². The maximum atomic E-state index is 12.0. The van der Waals surface area contributed by atoms with Crippen molar-refractivity contribution in [2.75, 3.05) is 39.3 Å². The van der Waals surface area contributed by atoms with Crippen LogP contribution in [-0.2, 0) is 9.47 Å². The first kappa shape index (κ1) is 18.5. The Morgan fingerprint density at radius 2 is 1.78 bits per heavy atom. The van der Waals surface area contributed by atoms with Crippen molar-refractivity contribution in [3.8, 4) is 0 Å². The van der Waals surface area contributed by atoms with E-state index >= 15 is 0 Å². The molecule has 0 radical (unpaired) electrons. The summed E-state index contributed by atoms with van der Waals surface area (Å²) in [7, 11) is 0. The predicted molar refractivity (Wildman–Crippen MR) is 88.2 cm³/mol. The molecule has 2 fully saturated rings. The number of likely N-dealkylation sites (tertiary alicyclic amines) is 2. The Labute approximate surface area is 139 Å². The molecule has 1 N–H and O–H groups in total. The van der Waals surface area contributed by atoms with E-state index in [2.05, 4.69) is 4.90 Å². The summed E-state index contributed by atoms with van der Waals surface area (Å²) in [4.78, 5) is 16.1. The summed E-state index contributed by atoms with van der Waals surface area (Å²) in [5.74, 6) is 0.104. The number of ether oxygens (including phenoxy) is 2. The minimum Gasteiger partial charge on any atom is -0.444 e. The van der Waals surface area contributed by atoms with Crippen LogP contribution in [0, 0.1) is 5.92 Å². The molecule has 0 bridgehead atoms. The Morgan fingerprint density at radius 3 is 2.35 bits per heavy atom. The number of nitrogens with zero attached hydrogens (tertiary/aromatic N) is 2. The van der Waals surface area contributed by atoms with Crippen LogP contribution in [0.2, 0.25) is 0 Å². The first-order valence-electron chi connectivity index (χ1n) is 8.85. The van der Waals surface area contributed by atoms with Gasteiger partial charge in [-0.2, -0.15) is 0 Å². The van der Waals surface area contributed by atoms with Gasteiger partial charge in [-0.15, -0.1) is 0 Å². The lowest BCUT2D eigenvalue weighted by atomic mass is 9.96. The number of hydrogen-bond donors (Lipinski definition) is 1. The Kier molecular flexibility index (Phi) is 6.68. The average molecular weight is 328 g/mol. The maximum absolute atomic E-state index is 12.0. The molecule has 2 aliphatic heterocycles. The molecule has 0 aromatic carbocycles. The third kappa shape index (κ3) is 6.28. The molecule has 0 aromatic rings. The quantitative estimate of drug-likeness (QED) is 0.783. The second-order valence-corrected chi connectivity index (χ2v) is 7.61. The van der Waals surface area contributed by atoms with Gasteiger partial charge < -0.3 is 24.4 Å². The van der Waals surface area contributed by atoms with Gasteiger partial charge in [0.15, 0.2) is 6.29 Å². The minimum absolute atomic E-state index is 0.104. The van der Waals surface area contributed by atoms with E-state index in [-0.39, 0.29) is 12.0 Å². The lowest BCUT2D eigenvalue weighted by Gasteiger charge is -2.35. The van der Waals surface area contributed by atoms with Gasteiger partial charge in [0.1, 0.15) is 5.60 Å². The molecule has 0 spiro atoms. The molecule has 6 heteroatoms. The molecular formula is C17H32N2O4. The summed E-state index contributed by atoms with van der Waals surface area (Å²) in [6, 6.07) is 0. The monoisotopic (exact) mass is 328 g/mol. The second-order valence-electron chi connectivity index (χ2n) is 7.61. The molecule has 0 saturated carbocycles. The van der Waals surface area contributed by atoms with Gasteiger partial charge in [-0.3, -0.25) is 0 Å². The lowest BCUT2D eigenvalue weighted by molar-refractivity contribution is -0.145. The van der Waals surface area contributed by atoms with Gasteiger partial charge in [0.2, 0.25) is 0 Å². The van der Waals surface area contributed by atoms with Crippen molar-refractivity contribution >= 4 is 6.09 Å². The molecule has 2 aliphatic rings. The van der Waals surface area contributed by atoms with Crippen LogP contribution in [0.3, 0.4) is 0 Å². The standard InChI is InChI=1S/C17H32N2O4/c1-17(2,3)23-16(21)19-10-6-14(7-11-19)15(20)22-13-12-18-8-4-5-9-18/h14-15,20H,4-13H2,1-3H3. The molecule has 1 amide bonds. The topological polar surface area (TPSA) is 62.2 Å². The van der Waals surface area contributed by atoms with Crippen LogP contribution in [0.15, 0.2) is 0 Å². The van der Waals surface area contributed by atoms with Crippen LogP contribution in [0.4, 0.5) is 4.79 Å². The summed E-state index contributed by atoms with van der Waals surface area (Å²) < 4.78 is 11.0. The van der Waals surface area contributed by atoms with Gasteiger partial charge in [-0.1, -0.05) is 0 Å². The Hall–Kier alpha value is -0.850. The summed E-state index contributed by atoms with van der Waals surface area (Å²) >= 11 is 0. The van der Waals surface area contributed by atoms with Crippen LogP contribution >= 0.6 is 0 Å². The van der Waals surface area contributed by atoms with E-state index in [1.165, 1.54) is 12.8 Å². The summed E-state index contributed by atoms with van der Waals surface area (Å²) in [5, 5.41) is 10.2. The predicted octanol–water partition coefficient (Wildman–Crippen LogP) is 2.06. The normalized spacial score (nSPS) is 22.3. The first-order valence-corrected chi connectivity index (χ1v) is 8.85. The molecule has 1 atom stereocenters. The van der Waals surface area contributed by atoms with E-state index < -0.39 is 11.9 Å². The Balaban J connectivity index is 1.63. The van der Waals surface area contributed by atoms with Crippen molar-refractivity contribution in [3.05, 3.63) is 0 Å². The number of aliphatic hydroxyl groups is 1. The summed E-state index contributed by atoms with van der Waals surface area (Å²) in [5.41, 5.74) is -0.466. The van der Waals surface area contributed by atoms with Crippen molar-refractivity contribution in [1.29, 1.82) is 0 Å². The molecule has 0 aromatic heterocycles. The molecule has 134 valence electrons. The highest BCUT2D eigenvalue weighted by Crippen LogP contribution is 2.23. The van der Waals surface area contributed by atoms with E-state index in [0.717, 1.165) is 32.5 Å². The fraction of sp³-hybridized carbons (Fsp3) is 0.941. The van der Waals surface area contributed by atoms with E-state index in [4.69, 9.17) is 9.47 Å². The maximum Gasteiger partial charge on any atom is 0.410 e. The Bertz CT molecular complexity index is 369. The molecule has 2 saturated heterocycles. The number of rotatable bonds is 5. The zero-order valence-electron chi connectivity index (χ0n) is 14.8. The zero-order valence-corrected chi connectivity index (χ0v) is 14.8. The second kappa shape index (κ2) is 8.31. The van der Waals surface area contributed by atoms with Crippen LogP contribution in [-0.4, -0.2) is 72.2 Å². The molecule has 23 heavy (non-hydrogen) atoms. The third-order valence-electron chi connectivity index (χ3n) is 4.49. The largest absolute Gasteiger partial charge is 0.444 e. The number of hydrogen-bond acceptors (Lipinski definition) is 5. The van der Waals surface area contributed by atoms with Crippen LogP contribution in [0.5, 0.6) is 0 Å². The van der Waals surface area contributed by atoms with Gasteiger partial charge in [-0.05, 0) is 59.5 Å². The van der Waals surface area contributed by atoms with Crippen molar-refractivity contribution in [3.63, 3.8) is 0 Å². The highest BCUT2D eigenvalue weighted by atomic mass is 16.6. The fourth-order valence-corrected chi connectivity index (χ4v) is 3.14. The van der Waals surface area contributed by atoms with Crippen molar-refractivity contribution < 1.29 is 19.4 Å². The molecular weight excluding hydrogens is 296 g/mol. The number of aliphatic hydroxyl groups excluding tert-OH is 1. The third-order valence-corrected chi connectivity index (χ3v) is 4.49. The van der Waals surface area contributed by atoms with Crippen LogP contribution < -0.4 is 0 Å². The highest BCUT2D eigenvalue weighted by molar-refractivity contribution is 5.68. The Morgan fingerprint density at radius 1 is 1.17 bits per heavy atom. The summed E-state index contributed by atoms with van der Waals surface area (Å²) in [6.45, 7) is 10.6. The molecule has 2 heterocycles. The van der Waals surface area contributed by atoms with Gasteiger partial charge in [0, 0.05) is 25.6 Å². The number of carbonyl (C=O) groups excluding carboxylic acids is 1. The first-order chi connectivity index (χ1) is 10.8.